The molecule has 4 nitrogen and oxygen atoms in total. The molecule has 0 radical (unpaired) electrons. The van der Waals surface area contributed by atoms with E-state index in [1.165, 1.54) is 56.1 Å². The maximum absolute atomic E-state index is 13.4. The molecule has 3 aliphatic rings. The van der Waals surface area contributed by atoms with Crippen LogP contribution in [0, 0.1) is 0 Å². The number of fused-ring (bicyclic) bond motifs is 4. The third-order valence-electron chi connectivity index (χ3n) is 7.18. The van der Waals surface area contributed by atoms with Crippen LogP contribution >= 0.6 is 0 Å². The summed E-state index contributed by atoms with van der Waals surface area (Å²) in [6.45, 7) is 2.99. The molecular weight excluding hydrogens is 346 g/mol. The van der Waals surface area contributed by atoms with Gasteiger partial charge in [0, 0.05) is 11.0 Å². The lowest BCUT2D eigenvalue weighted by Gasteiger charge is -2.38. The van der Waals surface area contributed by atoms with Crippen LogP contribution < -0.4 is 5.56 Å². The van der Waals surface area contributed by atoms with Gasteiger partial charge in [-0.25, -0.2) is 4.98 Å². The number of piperidine rings is 1. The zero-order valence-corrected chi connectivity index (χ0v) is 16.8. The molecule has 0 amide bonds. The normalized spacial score (nSPS) is 21.7. The monoisotopic (exact) mass is 377 g/mol. The number of nitrogens with zero attached hydrogens (tertiary/aromatic N) is 2. The standard InChI is InChI=1S/C24H31N3O/c28-23-21-22(25-20(26-23)17-27-14-8-3-9-15-27)19-11-5-4-10-18(19)16-24(21)12-6-1-2-7-13-24/h4-5,10-11H,1-3,6-9,12-17H2,(H,25,26,28). The molecule has 4 heteroatoms. The van der Waals surface area contributed by atoms with E-state index in [-0.39, 0.29) is 11.0 Å². The first-order chi connectivity index (χ1) is 13.8. The van der Waals surface area contributed by atoms with Gasteiger partial charge in [-0.05, 0) is 50.8 Å². The van der Waals surface area contributed by atoms with Gasteiger partial charge in [0.2, 0.25) is 0 Å². The third kappa shape index (κ3) is 3.22. The minimum Gasteiger partial charge on any atom is -0.309 e. The number of likely N-dealkylation sites (tertiary alicyclic amines) is 1. The second-order valence-electron chi connectivity index (χ2n) is 9.10. The molecule has 2 heterocycles. The Hall–Kier alpha value is -1.94. The Morgan fingerprint density at radius 2 is 1.68 bits per heavy atom. The van der Waals surface area contributed by atoms with Gasteiger partial charge >= 0.3 is 0 Å². The molecule has 1 saturated carbocycles. The fraction of sp³-hybridized carbons (Fsp3) is 0.583. The number of rotatable bonds is 2. The van der Waals surface area contributed by atoms with Crippen molar-refractivity contribution in [2.24, 2.45) is 0 Å². The largest absolute Gasteiger partial charge is 0.309 e. The van der Waals surface area contributed by atoms with Crippen molar-refractivity contribution in [1.82, 2.24) is 14.9 Å². The van der Waals surface area contributed by atoms with Crippen LogP contribution in [0.15, 0.2) is 29.1 Å². The predicted molar refractivity (Wildman–Crippen MR) is 113 cm³/mol. The summed E-state index contributed by atoms with van der Waals surface area (Å²) in [6, 6.07) is 8.63. The van der Waals surface area contributed by atoms with Crippen molar-refractivity contribution in [3.8, 4) is 11.3 Å². The molecule has 1 spiro atoms. The number of benzene rings is 1. The second-order valence-corrected chi connectivity index (χ2v) is 9.10. The van der Waals surface area contributed by atoms with Gasteiger partial charge in [-0.2, -0.15) is 0 Å². The van der Waals surface area contributed by atoms with Crippen LogP contribution in [0.25, 0.3) is 11.3 Å². The Labute approximate surface area is 167 Å². The van der Waals surface area contributed by atoms with Crippen LogP contribution in [0.2, 0.25) is 0 Å². The third-order valence-corrected chi connectivity index (χ3v) is 7.18. The SMILES string of the molecule is O=c1[nH]c(CN2CCCCC2)nc2c1C1(CCCCCC1)Cc1ccccc1-2. The number of hydrogen-bond donors (Lipinski definition) is 1. The fourth-order valence-corrected chi connectivity index (χ4v) is 5.80. The van der Waals surface area contributed by atoms with Crippen molar-refractivity contribution in [2.75, 3.05) is 13.1 Å². The molecular formula is C24H31N3O. The van der Waals surface area contributed by atoms with Crippen molar-refractivity contribution >= 4 is 0 Å². The van der Waals surface area contributed by atoms with Crippen molar-refractivity contribution in [3.63, 3.8) is 0 Å². The number of H-pyrrole nitrogens is 1. The van der Waals surface area contributed by atoms with E-state index in [2.05, 4.69) is 34.1 Å². The van der Waals surface area contributed by atoms with Gasteiger partial charge < -0.3 is 4.98 Å². The maximum Gasteiger partial charge on any atom is 0.255 e. The molecule has 2 aliphatic carbocycles. The Morgan fingerprint density at radius 3 is 2.46 bits per heavy atom. The molecule has 0 unspecified atom stereocenters. The summed E-state index contributed by atoms with van der Waals surface area (Å²) in [5.41, 5.74) is 4.60. The summed E-state index contributed by atoms with van der Waals surface area (Å²) in [5, 5.41) is 0. The molecule has 1 N–H and O–H groups in total. The van der Waals surface area contributed by atoms with E-state index < -0.39 is 0 Å². The summed E-state index contributed by atoms with van der Waals surface area (Å²) < 4.78 is 0. The molecule has 1 aromatic carbocycles. The lowest BCUT2D eigenvalue weighted by molar-refractivity contribution is 0.215. The van der Waals surface area contributed by atoms with Crippen LogP contribution in [0.5, 0.6) is 0 Å². The quantitative estimate of drug-likeness (QED) is 0.834. The Morgan fingerprint density at radius 1 is 0.964 bits per heavy atom. The highest BCUT2D eigenvalue weighted by atomic mass is 16.1. The molecule has 148 valence electrons. The first-order valence-electron chi connectivity index (χ1n) is 11.2. The minimum absolute atomic E-state index is 0.0234. The van der Waals surface area contributed by atoms with E-state index in [0.29, 0.717) is 0 Å². The lowest BCUT2D eigenvalue weighted by Crippen LogP contribution is -2.40. The van der Waals surface area contributed by atoms with Gasteiger partial charge in [0.25, 0.3) is 5.56 Å². The number of hydrogen-bond acceptors (Lipinski definition) is 3. The number of aromatic amines is 1. The van der Waals surface area contributed by atoms with Gasteiger partial charge in [-0.3, -0.25) is 9.69 Å². The van der Waals surface area contributed by atoms with Crippen molar-refractivity contribution < 1.29 is 0 Å². The molecule has 1 aliphatic heterocycles. The summed E-state index contributed by atoms with van der Waals surface area (Å²) in [7, 11) is 0. The van der Waals surface area contributed by atoms with Gasteiger partial charge in [0.05, 0.1) is 17.8 Å². The van der Waals surface area contributed by atoms with E-state index in [0.717, 1.165) is 56.0 Å². The predicted octanol–water partition coefficient (Wildman–Crippen LogP) is 4.57. The van der Waals surface area contributed by atoms with Crippen LogP contribution in [0.3, 0.4) is 0 Å². The first kappa shape index (κ1) is 18.1. The number of aromatic nitrogens is 2. The van der Waals surface area contributed by atoms with Crippen molar-refractivity contribution in [2.45, 2.75) is 76.2 Å². The highest BCUT2D eigenvalue weighted by molar-refractivity contribution is 5.71. The van der Waals surface area contributed by atoms with Gasteiger partial charge in [-0.15, -0.1) is 0 Å². The lowest BCUT2D eigenvalue weighted by atomic mass is 9.65. The molecule has 0 atom stereocenters. The summed E-state index contributed by atoms with van der Waals surface area (Å²) in [5.74, 6) is 0.839. The minimum atomic E-state index is -0.0234. The van der Waals surface area contributed by atoms with E-state index in [1.807, 2.05) is 0 Å². The van der Waals surface area contributed by atoms with Gasteiger partial charge in [-0.1, -0.05) is 56.4 Å². The fourth-order valence-electron chi connectivity index (χ4n) is 5.80. The van der Waals surface area contributed by atoms with Crippen LogP contribution in [-0.2, 0) is 18.4 Å². The summed E-state index contributed by atoms with van der Waals surface area (Å²) in [6.07, 6.45) is 12.1. The van der Waals surface area contributed by atoms with E-state index in [9.17, 15) is 4.79 Å². The zero-order chi connectivity index (χ0) is 19.0. The molecule has 28 heavy (non-hydrogen) atoms. The first-order valence-corrected chi connectivity index (χ1v) is 11.2. The summed E-state index contributed by atoms with van der Waals surface area (Å²) >= 11 is 0. The van der Waals surface area contributed by atoms with Crippen molar-refractivity contribution in [3.05, 3.63) is 51.6 Å². The van der Waals surface area contributed by atoms with E-state index >= 15 is 0 Å². The van der Waals surface area contributed by atoms with E-state index in [4.69, 9.17) is 4.98 Å². The highest BCUT2D eigenvalue weighted by Gasteiger charge is 2.42. The maximum atomic E-state index is 13.4. The van der Waals surface area contributed by atoms with Crippen LogP contribution in [-0.4, -0.2) is 28.0 Å². The topological polar surface area (TPSA) is 49.0 Å². The van der Waals surface area contributed by atoms with E-state index in [1.54, 1.807) is 0 Å². The smallest absolute Gasteiger partial charge is 0.255 e. The molecule has 1 saturated heterocycles. The highest BCUT2D eigenvalue weighted by Crippen LogP contribution is 2.47. The Bertz CT molecular complexity index is 902. The molecule has 1 aromatic heterocycles. The van der Waals surface area contributed by atoms with Crippen LogP contribution in [0.4, 0.5) is 0 Å². The molecule has 0 bridgehead atoms. The average molecular weight is 378 g/mol. The Balaban J connectivity index is 1.61. The second kappa shape index (κ2) is 7.47. The molecule has 5 rings (SSSR count). The summed E-state index contributed by atoms with van der Waals surface area (Å²) in [4.78, 5) is 24.1. The molecule has 2 aromatic rings. The van der Waals surface area contributed by atoms with Crippen LogP contribution in [0.1, 0.15) is 74.7 Å². The van der Waals surface area contributed by atoms with Gasteiger partial charge in [0.1, 0.15) is 5.82 Å². The zero-order valence-electron chi connectivity index (χ0n) is 16.8. The van der Waals surface area contributed by atoms with Crippen molar-refractivity contribution in [1.29, 1.82) is 0 Å². The number of nitrogens with one attached hydrogen (secondary N) is 1. The average Bonchev–Trinajstić information content (AvgIpc) is 2.94. The Kier molecular flexibility index (Phi) is 4.83. The van der Waals surface area contributed by atoms with Gasteiger partial charge in [0.15, 0.2) is 0 Å². The molecule has 2 fully saturated rings.